The van der Waals surface area contributed by atoms with Crippen molar-refractivity contribution in [3.8, 4) is 6.07 Å². The van der Waals surface area contributed by atoms with Crippen LogP contribution >= 0.6 is 0 Å². The summed E-state index contributed by atoms with van der Waals surface area (Å²) in [6.45, 7) is 0.367. The van der Waals surface area contributed by atoms with Crippen LogP contribution in [0, 0.1) is 11.3 Å². The molecule has 1 aromatic heterocycles. The van der Waals surface area contributed by atoms with Crippen LogP contribution in [-0.4, -0.2) is 32.3 Å². The summed E-state index contributed by atoms with van der Waals surface area (Å²) in [6.07, 6.45) is -0.111. The van der Waals surface area contributed by atoms with E-state index in [4.69, 9.17) is 5.26 Å². The molecule has 0 bridgehead atoms. The molecule has 2 aromatic rings. The van der Waals surface area contributed by atoms with Crippen LogP contribution in [0.4, 0.5) is 19.1 Å². The number of benzene rings is 1. The van der Waals surface area contributed by atoms with Crippen LogP contribution in [0.1, 0.15) is 12.5 Å². The molecular formula is C16H11F3N4O2. The summed E-state index contributed by atoms with van der Waals surface area (Å²) in [6, 6.07) is 6.49. The van der Waals surface area contributed by atoms with Crippen molar-refractivity contribution >= 4 is 28.6 Å². The lowest BCUT2D eigenvalue weighted by molar-refractivity contribution is -0.242. The Morgan fingerprint density at radius 1 is 1.40 bits per heavy atom. The number of nitriles is 1. The molecule has 0 aliphatic heterocycles. The van der Waals surface area contributed by atoms with Crippen molar-refractivity contribution in [1.82, 2.24) is 9.55 Å². The van der Waals surface area contributed by atoms with E-state index in [1.165, 1.54) is 22.8 Å². The van der Waals surface area contributed by atoms with E-state index in [0.29, 0.717) is 29.2 Å². The van der Waals surface area contributed by atoms with Crippen molar-refractivity contribution in [3.05, 3.63) is 42.0 Å². The number of allylic oxidation sites excluding steroid dienone is 4. The number of carbonyl (C=O) groups excluding carboxylic acids is 1. The normalized spacial score (nSPS) is 15.9. The summed E-state index contributed by atoms with van der Waals surface area (Å²) in [5.41, 5.74) is -1.85. The Hall–Kier alpha value is -3.12. The fraction of sp³-hybridized carbons (Fsp3) is 0.188. The van der Waals surface area contributed by atoms with Gasteiger partial charge in [0.1, 0.15) is 0 Å². The zero-order valence-corrected chi connectivity index (χ0v) is 12.8. The molecule has 0 saturated heterocycles. The Morgan fingerprint density at radius 3 is 2.60 bits per heavy atom. The quantitative estimate of drug-likeness (QED) is 0.892. The maximum Gasteiger partial charge on any atom is 0.426 e. The minimum absolute atomic E-state index is 0.185. The molecule has 1 aliphatic carbocycles. The number of aliphatic hydroxyl groups is 1. The molecule has 6 nitrogen and oxygen atoms in total. The number of alkyl halides is 3. The fourth-order valence-corrected chi connectivity index (χ4v) is 2.17. The van der Waals surface area contributed by atoms with Crippen molar-refractivity contribution in [2.45, 2.75) is 18.7 Å². The highest BCUT2D eigenvalue weighted by molar-refractivity contribution is 5.99. The van der Waals surface area contributed by atoms with Gasteiger partial charge in [-0.1, -0.05) is 6.08 Å². The highest BCUT2D eigenvalue weighted by Gasteiger charge is 2.56. The lowest BCUT2D eigenvalue weighted by Gasteiger charge is -2.25. The molecule has 3 rings (SSSR count). The number of carbonyl (C=O) groups is 1. The van der Waals surface area contributed by atoms with Crippen molar-refractivity contribution < 1.29 is 23.1 Å². The molecule has 1 heterocycles. The first-order valence-corrected chi connectivity index (χ1v) is 7.07. The molecule has 1 aliphatic rings. The number of aromatic nitrogens is 2. The summed E-state index contributed by atoms with van der Waals surface area (Å²) in [5, 5.41) is 20.5. The monoisotopic (exact) mass is 348 g/mol. The van der Waals surface area contributed by atoms with Gasteiger partial charge in [0.05, 0.1) is 22.7 Å². The smallest absolute Gasteiger partial charge is 0.373 e. The number of rotatable bonds is 3. The molecule has 1 atom stereocenters. The van der Waals surface area contributed by atoms with Crippen LogP contribution in [0.3, 0.4) is 0 Å². The van der Waals surface area contributed by atoms with Crippen LogP contribution in [0.25, 0.3) is 16.7 Å². The summed E-state index contributed by atoms with van der Waals surface area (Å²) < 4.78 is 39.9. The number of anilines is 1. The van der Waals surface area contributed by atoms with Crippen molar-refractivity contribution in [2.75, 3.05) is 5.32 Å². The molecule has 0 unspecified atom stereocenters. The molecule has 0 radical (unpaired) electrons. The first-order valence-electron chi connectivity index (χ1n) is 7.07. The van der Waals surface area contributed by atoms with Crippen LogP contribution in [0.5, 0.6) is 0 Å². The molecule has 1 aromatic carbocycles. The van der Waals surface area contributed by atoms with Gasteiger partial charge in [0.2, 0.25) is 11.5 Å². The Balaban J connectivity index is 2.08. The maximum absolute atomic E-state index is 12.8. The summed E-state index contributed by atoms with van der Waals surface area (Å²) in [4.78, 5) is 16.0. The van der Waals surface area contributed by atoms with Crippen LogP contribution in [0.2, 0.25) is 0 Å². The second kappa shape index (κ2) is 5.46. The Kier molecular flexibility index (Phi) is 3.65. The SMILES string of the molecule is C[C@](O)(C(=O)Nc1nc2ccc(C#N)cc2n1C1=CC=C1)C(F)(F)F. The van der Waals surface area contributed by atoms with Gasteiger partial charge in [-0.15, -0.1) is 0 Å². The first kappa shape index (κ1) is 16.7. The molecular weight excluding hydrogens is 337 g/mol. The highest BCUT2D eigenvalue weighted by atomic mass is 19.4. The second-order valence-corrected chi connectivity index (χ2v) is 5.56. The molecule has 9 heteroatoms. The number of imidazole rings is 1. The topological polar surface area (TPSA) is 90.9 Å². The fourth-order valence-electron chi connectivity index (χ4n) is 2.17. The Labute approximate surface area is 139 Å². The standard InChI is InChI=1S/C16H11F3N4O2/c1-15(25,16(17,18)19)13(24)22-14-21-11-6-5-9(8-20)7-12(11)23(14)10-3-2-4-10/h2-7,25H,1H3,(H,21,22,24)/t15-/m0/s1. The van der Waals surface area contributed by atoms with Gasteiger partial charge in [-0.05, 0) is 37.3 Å². The summed E-state index contributed by atoms with van der Waals surface area (Å²) in [7, 11) is 0. The van der Waals surface area contributed by atoms with E-state index in [2.05, 4.69) is 4.98 Å². The van der Waals surface area contributed by atoms with Crippen LogP contribution in [0.15, 0.2) is 36.4 Å². The van der Waals surface area contributed by atoms with E-state index in [9.17, 15) is 23.1 Å². The predicted octanol–water partition coefficient (Wildman–Crippen LogP) is 2.57. The average Bonchev–Trinajstić information content (AvgIpc) is 2.82. The van der Waals surface area contributed by atoms with Gasteiger partial charge in [-0.3, -0.25) is 14.7 Å². The van der Waals surface area contributed by atoms with Crippen LogP contribution < -0.4 is 5.32 Å². The van der Waals surface area contributed by atoms with E-state index in [-0.39, 0.29) is 5.95 Å². The van der Waals surface area contributed by atoms with Gasteiger partial charge in [0.15, 0.2) is 0 Å². The average molecular weight is 348 g/mol. The van der Waals surface area contributed by atoms with E-state index in [1.54, 1.807) is 18.2 Å². The molecule has 128 valence electrons. The lowest BCUT2D eigenvalue weighted by atomic mass is 10.1. The van der Waals surface area contributed by atoms with Gasteiger partial charge in [0.25, 0.3) is 5.91 Å². The lowest BCUT2D eigenvalue weighted by Crippen LogP contribution is -2.52. The van der Waals surface area contributed by atoms with Gasteiger partial charge < -0.3 is 5.11 Å². The molecule has 25 heavy (non-hydrogen) atoms. The number of nitrogens with zero attached hydrogens (tertiary/aromatic N) is 3. The molecule has 0 spiro atoms. The van der Waals surface area contributed by atoms with Crippen LogP contribution in [-0.2, 0) is 4.79 Å². The minimum Gasteiger partial charge on any atom is -0.373 e. The molecule has 2 N–H and O–H groups in total. The molecule has 1 amide bonds. The van der Waals surface area contributed by atoms with E-state index >= 15 is 0 Å². The van der Waals surface area contributed by atoms with Gasteiger partial charge in [-0.2, -0.15) is 18.4 Å². The summed E-state index contributed by atoms with van der Waals surface area (Å²) in [5.74, 6) is -1.84. The third kappa shape index (κ3) is 2.66. The third-order valence-electron chi connectivity index (χ3n) is 3.80. The maximum atomic E-state index is 12.8. The van der Waals surface area contributed by atoms with E-state index in [0.717, 1.165) is 0 Å². The van der Waals surface area contributed by atoms with Crippen molar-refractivity contribution in [3.63, 3.8) is 0 Å². The number of fused-ring (bicyclic) bond motifs is 1. The number of halogens is 3. The molecule has 0 saturated carbocycles. The van der Waals surface area contributed by atoms with Crippen molar-refractivity contribution in [1.29, 1.82) is 5.26 Å². The van der Waals surface area contributed by atoms with Crippen molar-refractivity contribution in [2.24, 2.45) is 0 Å². The highest BCUT2D eigenvalue weighted by Crippen LogP contribution is 2.33. The Bertz CT molecular complexity index is 978. The first-order chi connectivity index (χ1) is 11.6. The van der Waals surface area contributed by atoms with E-state index < -0.39 is 17.7 Å². The largest absolute Gasteiger partial charge is 0.426 e. The van der Waals surface area contributed by atoms with Gasteiger partial charge in [-0.25, -0.2) is 4.98 Å². The second-order valence-electron chi connectivity index (χ2n) is 5.56. The number of amides is 1. The number of nitrogens with one attached hydrogen (secondary N) is 1. The Morgan fingerprint density at radius 2 is 2.08 bits per heavy atom. The van der Waals surface area contributed by atoms with Gasteiger partial charge in [0, 0.05) is 5.70 Å². The molecule has 0 fully saturated rings. The number of hydrogen-bond donors (Lipinski definition) is 2. The zero-order chi connectivity index (χ0) is 18.4. The third-order valence-corrected chi connectivity index (χ3v) is 3.80. The zero-order valence-electron chi connectivity index (χ0n) is 12.8. The minimum atomic E-state index is -5.14. The number of hydrogen-bond acceptors (Lipinski definition) is 4. The van der Waals surface area contributed by atoms with E-state index in [1.807, 2.05) is 11.4 Å². The predicted molar refractivity (Wildman–Crippen MR) is 83.2 cm³/mol. The summed E-state index contributed by atoms with van der Waals surface area (Å²) >= 11 is 0. The van der Waals surface area contributed by atoms with Gasteiger partial charge >= 0.3 is 6.18 Å².